The number of hydrogen-bond donors (Lipinski definition) is 1. The molecule has 4 rings (SSSR count). The van der Waals surface area contributed by atoms with Crippen LogP contribution in [0.5, 0.6) is 0 Å². The molecule has 0 fully saturated rings. The van der Waals surface area contributed by atoms with Crippen molar-refractivity contribution >= 4 is 28.3 Å². The van der Waals surface area contributed by atoms with E-state index in [1.165, 1.54) is 16.9 Å². The number of hydrogen-bond acceptors (Lipinski definition) is 3. The van der Waals surface area contributed by atoms with Gasteiger partial charge in [-0.05, 0) is 42.5 Å². The second kappa shape index (κ2) is 7.76. The lowest BCUT2D eigenvalue weighted by Gasteiger charge is -2.16. The lowest BCUT2D eigenvalue weighted by molar-refractivity contribution is 0.0942. The number of carbonyl (C=O) groups excluding carboxylic acids is 1. The Kier molecular flexibility index (Phi) is 5.03. The summed E-state index contributed by atoms with van der Waals surface area (Å²) < 4.78 is 2.22. The number of carbonyl (C=O) groups is 1. The first-order valence-electron chi connectivity index (χ1n) is 9.06. The number of para-hydroxylation sites is 2. The molecule has 136 valence electrons. The average molecular weight is 375 g/mol. The Morgan fingerprint density at radius 1 is 1.07 bits per heavy atom. The lowest BCUT2D eigenvalue weighted by Crippen LogP contribution is -2.28. The molecule has 1 N–H and O–H groups in total. The number of aromatic nitrogens is 2. The minimum atomic E-state index is -0.178. The van der Waals surface area contributed by atoms with Crippen LogP contribution in [0.3, 0.4) is 0 Å². The van der Waals surface area contributed by atoms with E-state index in [-0.39, 0.29) is 11.9 Å². The molecule has 0 aliphatic rings. The molecule has 2 heterocycles. The first kappa shape index (κ1) is 17.5. The zero-order valence-corrected chi connectivity index (χ0v) is 15.9. The highest BCUT2D eigenvalue weighted by Crippen LogP contribution is 2.22. The third-order valence-electron chi connectivity index (χ3n) is 4.63. The standard InChI is InChI=1S/C22H21N3OS/c1-16(23-22(26)20-12-7-15-27-20)21-24-18-10-5-6-11-19(18)25(21)14-13-17-8-3-2-4-9-17/h2-12,15-16H,13-14H2,1H3,(H,23,26). The van der Waals surface area contributed by atoms with Crippen LogP contribution in [0.2, 0.25) is 0 Å². The van der Waals surface area contributed by atoms with E-state index in [0.29, 0.717) is 4.88 Å². The lowest BCUT2D eigenvalue weighted by atomic mass is 10.1. The van der Waals surface area contributed by atoms with Gasteiger partial charge >= 0.3 is 0 Å². The van der Waals surface area contributed by atoms with Crippen molar-refractivity contribution in [2.24, 2.45) is 0 Å². The largest absolute Gasteiger partial charge is 0.342 e. The fraction of sp³-hybridized carbons (Fsp3) is 0.182. The maximum absolute atomic E-state index is 12.5. The topological polar surface area (TPSA) is 46.9 Å². The molecule has 4 nitrogen and oxygen atoms in total. The Morgan fingerprint density at radius 2 is 1.85 bits per heavy atom. The molecule has 0 spiro atoms. The van der Waals surface area contributed by atoms with Crippen molar-refractivity contribution in [2.45, 2.75) is 25.9 Å². The Hall–Kier alpha value is -2.92. The third-order valence-corrected chi connectivity index (χ3v) is 5.50. The van der Waals surface area contributed by atoms with Crippen LogP contribution in [0, 0.1) is 0 Å². The van der Waals surface area contributed by atoms with Gasteiger partial charge in [0.15, 0.2) is 0 Å². The molecule has 1 amide bonds. The monoisotopic (exact) mass is 375 g/mol. The van der Waals surface area contributed by atoms with Gasteiger partial charge in [0.1, 0.15) is 5.82 Å². The number of aryl methyl sites for hydroxylation is 2. The molecule has 0 bridgehead atoms. The number of fused-ring (bicyclic) bond motifs is 1. The zero-order valence-electron chi connectivity index (χ0n) is 15.1. The van der Waals surface area contributed by atoms with E-state index in [2.05, 4.69) is 40.2 Å². The van der Waals surface area contributed by atoms with Crippen LogP contribution in [0.15, 0.2) is 72.1 Å². The van der Waals surface area contributed by atoms with E-state index in [1.54, 1.807) is 0 Å². The number of benzene rings is 2. The number of imidazole rings is 1. The molecule has 0 aliphatic heterocycles. The molecule has 0 radical (unpaired) electrons. The molecule has 1 atom stereocenters. The van der Waals surface area contributed by atoms with Crippen molar-refractivity contribution < 1.29 is 4.79 Å². The van der Waals surface area contributed by atoms with E-state index in [4.69, 9.17) is 4.98 Å². The minimum absolute atomic E-state index is 0.0563. The fourth-order valence-electron chi connectivity index (χ4n) is 3.29. The normalized spacial score (nSPS) is 12.2. The van der Waals surface area contributed by atoms with E-state index in [0.717, 1.165) is 29.8 Å². The first-order chi connectivity index (χ1) is 13.2. The molecular formula is C22H21N3OS. The number of nitrogens with zero attached hydrogens (tertiary/aromatic N) is 2. The highest BCUT2D eigenvalue weighted by atomic mass is 32.1. The van der Waals surface area contributed by atoms with Crippen LogP contribution in [0.4, 0.5) is 0 Å². The van der Waals surface area contributed by atoms with Crippen LogP contribution in [0.25, 0.3) is 11.0 Å². The van der Waals surface area contributed by atoms with Gasteiger partial charge in [-0.25, -0.2) is 4.98 Å². The van der Waals surface area contributed by atoms with Crippen molar-refractivity contribution in [1.29, 1.82) is 0 Å². The predicted molar refractivity (Wildman–Crippen MR) is 110 cm³/mol. The van der Waals surface area contributed by atoms with E-state index in [9.17, 15) is 4.79 Å². The predicted octanol–water partition coefficient (Wildman–Crippen LogP) is 4.83. The van der Waals surface area contributed by atoms with Gasteiger partial charge in [-0.15, -0.1) is 11.3 Å². The van der Waals surface area contributed by atoms with Crippen molar-refractivity contribution in [2.75, 3.05) is 0 Å². The molecule has 1 unspecified atom stereocenters. The van der Waals surface area contributed by atoms with Gasteiger partial charge < -0.3 is 9.88 Å². The molecule has 0 saturated heterocycles. The van der Waals surface area contributed by atoms with Crippen LogP contribution in [-0.2, 0) is 13.0 Å². The summed E-state index contributed by atoms with van der Waals surface area (Å²) >= 11 is 1.45. The number of thiophene rings is 1. The van der Waals surface area contributed by atoms with E-state index >= 15 is 0 Å². The fourth-order valence-corrected chi connectivity index (χ4v) is 3.91. The molecule has 2 aromatic carbocycles. The second-order valence-corrected chi connectivity index (χ2v) is 7.47. The Bertz CT molecular complexity index is 1040. The van der Waals surface area contributed by atoms with Gasteiger partial charge in [-0.3, -0.25) is 4.79 Å². The zero-order chi connectivity index (χ0) is 18.6. The van der Waals surface area contributed by atoms with Crippen LogP contribution >= 0.6 is 11.3 Å². The van der Waals surface area contributed by atoms with Crippen LogP contribution in [-0.4, -0.2) is 15.5 Å². The SMILES string of the molecule is CC(NC(=O)c1cccs1)c1nc2ccccc2n1CCc1ccccc1. The molecule has 2 aromatic heterocycles. The molecular weight excluding hydrogens is 354 g/mol. The van der Waals surface area contributed by atoms with Gasteiger partial charge in [0.25, 0.3) is 5.91 Å². The van der Waals surface area contributed by atoms with Gasteiger partial charge in [0.2, 0.25) is 0 Å². The smallest absolute Gasteiger partial charge is 0.261 e. The van der Waals surface area contributed by atoms with Crippen LogP contribution < -0.4 is 5.32 Å². The van der Waals surface area contributed by atoms with Crippen molar-refractivity contribution in [1.82, 2.24) is 14.9 Å². The molecule has 27 heavy (non-hydrogen) atoms. The highest BCUT2D eigenvalue weighted by Gasteiger charge is 2.19. The summed E-state index contributed by atoms with van der Waals surface area (Å²) in [6, 6.07) is 22.1. The maximum atomic E-state index is 12.5. The van der Waals surface area contributed by atoms with Crippen molar-refractivity contribution in [3.05, 3.63) is 88.4 Å². The summed E-state index contributed by atoms with van der Waals surface area (Å²) in [5.74, 6) is 0.830. The van der Waals surface area contributed by atoms with Crippen molar-refractivity contribution in [3.8, 4) is 0 Å². The molecule has 0 aliphatic carbocycles. The Morgan fingerprint density at radius 3 is 2.63 bits per heavy atom. The summed E-state index contributed by atoms with van der Waals surface area (Å²) in [5, 5.41) is 5.00. The summed E-state index contributed by atoms with van der Waals surface area (Å²) in [5.41, 5.74) is 3.34. The molecule has 0 saturated carbocycles. The second-order valence-electron chi connectivity index (χ2n) is 6.52. The summed E-state index contributed by atoms with van der Waals surface area (Å²) in [6.07, 6.45) is 0.916. The van der Waals surface area contributed by atoms with Gasteiger partial charge in [-0.1, -0.05) is 48.5 Å². The minimum Gasteiger partial charge on any atom is -0.342 e. The van der Waals surface area contributed by atoms with Crippen LogP contribution in [0.1, 0.15) is 34.0 Å². The first-order valence-corrected chi connectivity index (χ1v) is 9.94. The van der Waals surface area contributed by atoms with E-state index < -0.39 is 0 Å². The van der Waals surface area contributed by atoms with E-state index in [1.807, 2.05) is 48.7 Å². The summed E-state index contributed by atoms with van der Waals surface area (Å²) in [6.45, 7) is 2.81. The molecule has 5 heteroatoms. The van der Waals surface area contributed by atoms with Crippen molar-refractivity contribution in [3.63, 3.8) is 0 Å². The number of rotatable bonds is 6. The molecule has 4 aromatic rings. The third kappa shape index (κ3) is 3.78. The summed E-state index contributed by atoms with van der Waals surface area (Å²) in [4.78, 5) is 18.0. The quantitative estimate of drug-likeness (QED) is 0.525. The summed E-state index contributed by atoms with van der Waals surface area (Å²) in [7, 11) is 0. The van der Waals surface area contributed by atoms with Gasteiger partial charge in [-0.2, -0.15) is 0 Å². The Balaban J connectivity index is 1.62. The number of amides is 1. The van der Waals surface area contributed by atoms with Gasteiger partial charge in [0.05, 0.1) is 22.0 Å². The van der Waals surface area contributed by atoms with Gasteiger partial charge in [0, 0.05) is 6.54 Å². The number of nitrogens with one attached hydrogen (secondary N) is 1. The highest BCUT2D eigenvalue weighted by molar-refractivity contribution is 7.12. The Labute approximate surface area is 162 Å². The average Bonchev–Trinajstić information content (AvgIpc) is 3.35. The maximum Gasteiger partial charge on any atom is 0.261 e.